The fraction of sp³-hybridized carbons (Fsp3) is 0.105. The van der Waals surface area contributed by atoms with E-state index in [0.29, 0.717) is 18.0 Å². The minimum atomic E-state index is -0.361. The molecule has 6 nitrogen and oxygen atoms in total. The lowest BCUT2D eigenvalue weighted by Gasteiger charge is -2.05. The maximum atomic E-state index is 12.2. The van der Waals surface area contributed by atoms with Gasteiger partial charge in [-0.15, -0.1) is 0 Å². The molecule has 3 rings (SSSR count). The number of aromatic nitrogens is 2. The van der Waals surface area contributed by atoms with Crippen molar-refractivity contribution in [2.24, 2.45) is 5.10 Å². The molecule has 0 saturated heterocycles. The van der Waals surface area contributed by atoms with Crippen LogP contribution in [-0.4, -0.2) is 28.9 Å². The van der Waals surface area contributed by atoms with E-state index in [-0.39, 0.29) is 5.91 Å². The van der Waals surface area contributed by atoms with Gasteiger partial charge in [-0.25, -0.2) is 5.43 Å². The summed E-state index contributed by atoms with van der Waals surface area (Å²) in [6.07, 6.45) is 1.55. The number of carbonyl (C=O) groups excluding carboxylic acids is 1. The zero-order chi connectivity index (χ0) is 17.5. The molecule has 0 aliphatic rings. The van der Waals surface area contributed by atoms with Gasteiger partial charge in [-0.05, 0) is 25.1 Å². The quantitative estimate of drug-likeness (QED) is 0.536. The van der Waals surface area contributed by atoms with Crippen LogP contribution in [0.5, 0.6) is 5.75 Å². The summed E-state index contributed by atoms with van der Waals surface area (Å²) in [6, 6.07) is 18.8. The van der Waals surface area contributed by atoms with Gasteiger partial charge < -0.3 is 4.74 Å². The smallest absolute Gasteiger partial charge is 0.289 e. The van der Waals surface area contributed by atoms with E-state index in [2.05, 4.69) is 20.7 Å². The zero-order valence-electron chi connectivity index (χ0n) is 13.8. The summed E-state index contributed by atoms with van der Waals surface area (Å²) in [5.74, 6) is 0.357. The lowest BCUT2D eigenvalue weighted by atomic mass is 10.1. The third-order valence-corrected chi connectivity index (χ3v) is 3.48. The highest BCUT2D eigenvalue weighted by atomic mass is 16.5. The third kappa shape index (κ3) is 4.11. The largest absolute Gasteiger partial charge is 0.493 e. The highest BCUT2D eigenvalue weighted by Gasteiger charge is 2.10. The first kappa shape index (κ1) is 16.4. The first-order valence-electron chi connectivity index (χ1n) is 7.94. The molecule has 1 aromatic heterocycles. The Kier molecular flexibility index (Phi) is 5.21. The van der Waals surface area contributed by atoms with Gasteiger partial charge in [0.15, 0.2) is 0 Å². The van der Waals surface area contributed by atoms with Crippen molar-refractivity contribution in [3.63, 3.8) is 0 Å². The number of hydrogen-bond acceptors (Lipinski definition) is 4. The molecule has 1 amide bonds. The Morgan fingerprint density at radius 3 is 2.76 bits per heavy atom. The summed E-state index contributed by atoms with van der Waals surface area (Å²) in [7, 11) is 0. The Labute approximate surface area is 145 Å². The number of nitrogens with zero attached hydrogens (tertiary/aromatic N) is 2. The van der Waals surface area contributed by atoms with Gasteiger partial charge in [0.1, 0.15) is 11.4 Å². The molecule has 2 N–H and O–H groups in total. The molecule has 0 atom stereocenters. The molecule has 126 valence electrons. The Balaban J connectivity index is 1.66. The van der Waals surface area contributed by atoms with Gasteiger partial charge in [0.25, 0.3) is 5.91 Å². The van der Waals surface area contributed by atoms with Crippen molar-refractivity contribution in [1.82, 2.24) is 15.6 Å². The SMILES string of the molecule is CCOc1ccccc1/C=N\NC(=O)c1cc(-c2ccccc2)n[nH]1. The molecule has 6 heteroatoms. The van der Waals surface area contributed by atoms with E-state index in [0.717, 1.165) is 16.9 Å². The highest BCUT2D eigenvalue weighted by molar-refractivity contribution is 5.94. The number of ether oxygens (including phenoxy) is 1. The van der Waals surface area contributed by atoms with Crippen LogP contribution in [0.1, 0.15) is 23.0 Å². The second-order valence-electron chi connectivity index (χ2n) is 5.20. The monoisotopic (exact) mass is 334 g/mol. The summed E-state index contributed by atoms with van der Waals surface area (Å²) in [4.78, 5) is 12.2. The number of hydrazone groups is 1. The zero-order valence-corrected chi connectivity index (χ0v) is 13.8. The van der Waals surface area contributed by atoms with Gasteiger partial charge in [0, 0.05) is 11.1 Å². The molecular formula is C19H18N4O2. The van der Waals surface area contributed by atoms with E-state index < -0.39 is 0 Å². The van der Waals surface area contributed by atoms with Crippen LogP contribution in [-0.2, 0) is 0 Å². The van der Waals surface area contributed by atoms with Crippen molar-refractivity contribution in [2.45, 2.75) is 6.92 Å². The normalized spacial score (nSPS) is 10.8. The molecule has 0 aliphatic heterocycles. The van der Waals surface area contributed by atoms with Crippen molar-refractivity contribution in [3.8, 4) is 17.0 Å². The number of amides is 1. The molecule has 0 bridgehead atoms. The topological polar surface area (TPSA) is 79.4 Å². The van der Waals surface area contributed by atoms with E-state index in [1.165, 1.54) is 0 Å². The molecule has 0 fully saturated rings. The van der Waals surface area contributed by atoms with Crippen molar-refractivity contribution >= 4 is 12.1 Å². The molecule has 0 radical (unpaired) electrons. The molecule has 0 aliphatic carbocycles. The molecule has 2 aromatic carbocycles. The number of hydrogen-bond donors (Lipinski definition) is 2. The molecule has 0 unspecified atom stereocenters. The van der Waals surface area contributed by atoms with Crippen LogP contribution in [0.3, 0.4) is 0 Å². The number of carbonyl (C=O) groups is 1. The third-order valence-electron chi connectivity index (χ3n) is 3.48. The lowest BCUT2D eigenvalue weighted by Crippen LogP contribution is -2.18. The van der Waals surface area contributed by atoms with Crippen LogP contribution in [0.2, 0.25) is 0 Å². The number of rotatable bonds is 6. The van der Waals surface area contributed by atoms with Crippen LogP contribution in [0.4, 0.5) is 0 Å². The van der Waals surface area contributed by atoms with Crippen molar-refractivity contribution in [3.05, 3.63) is 71.9 Å². The van der Waals surface area contributed by atoms with Gasteiger partial charge in [0.05, 0.1) is 18.5 Å². The summed E-state index contributed by atoms with van der Waals surface area (Å²) < 4.78 is 5.51. The molecule has 1 heterocycles. The van der Waals surface area contributed by atoms with E-state index in [9.17, 15) is 4.79 Å². The number of para-hydroxylation sites is 1. The molecule has 0 spiro atoms. The first-order chi connectivity index (χ1) is 12.3. The van der Waals surface area contributed by atoms with E-state index in [1.807, 2.05) is 61.5 Å². The number of aromatic amines is 1. The lowest BCUT2D eigenvalue weighted by molar-refractivity contribution is 0.0950. The molecule has 25 heavy (non-hydrogen) atoms. The molecule has 3 aromatic rings. The van der Waals surface area contributed by atoms with Gasteiger partial charge in [-0.3, -0.25) is 9.89 Å². The Morgan fingerprint density at radius 1 is 1.20 bits per heavy atom. The van der Waals surface area contributed by atoms with Crippen LogP contribution in [0, 0.1) is 0 Å². The number of benzene rings is 2. The second kappa shape index (κ2) is 7.92. The van der Waals surface area contributed by atoms with Crippen molar-refractivity contribution in [2.75, 3.05) is 6.61 Å². The van der Waals surface area contributed by atoms with E-state index in [4.69, 9.17) is 4.74 Å². The average Bonchev–Trinajstić information content (AvgIpc) is 3.14. The van der Waals surface area contributed by atoms with Gasteiger partial charge in [-0.2, -0.15) is 10.2 Å². The maximum Gasteiger partial charge on any atom is 0.289 e. The van der Waals surface area contributed by atoms with E-state index in [1.54, 1.807) is 12.3 Å². The fourth-order valence-corrected chi connectivity index (χ4v) is 2.29. The molecular weight excluding hydrogens is 316 g/mol. The summed E-state index contributed by atoms with van der Waals surface area (Å²) in [5.41, 5.74) is 5.26. The van der Waals surface area contributed by atoms with Crippen LogP contribution in [0.15, 0.2) is 65.8 Å². The minimum Gasteiger partial charge on any atom is -0.493 e. The van der Waals surface area contributed by atoms with E-state index >= 15 is 0 Å². The summed E-state index contributed by atoms with van der Waals surface area (Å²) in [6.45, 7) is 2.48. The summed E-state index contributed by atoms with van der Waals surface area (Å²) >= 11 is 0. The number of nitrogens with one attached hydrogen (secondary N) is 2. The van der Waals surface area contributed by atoms with Crippen LogP contribution < -0.4 is 10.2 Å². The Bertz CT molecular complexity index is 872. The fourth-order valence-electron chi connectivity index (χ4n) is 2.29. The second-order valence-corrected chi connectivity index (χ2v) is 5.20. The predicted octanol–water partition coefficient (Wildman–Crippen LogP) is 3.24. The minimum absolute atomic E-state index is 0.342. The average molecular weight is 334 g/mol. The van der Waals surface area contributed by atoms with Gasteiger partial charge in [0.2, 0.25) is 0 Å². The molecule has 0 saturated carbocycles. The van der Waals surface area contributed by atoms with Gasteiger partial charge >= 0.3 is 0 Å². The van der Waals surface area contributed by atoms with Crippen molar-refractivity contribution in [1.29, 1.82) is 0 Å². The maximum absolute atomic E-state index is 12.2. The van der Waals surface area contributed by atoms with Crippen LogP contribution in [0.25, 0.3) is 11.3 Å². The Morgan fingerprint density at radius 2 is 1.96 bits per heavy atom. The standard InChI is InChI=1S/C19H18N4O2/c1-2-25-18-11-7-6-10-15(18)13-20-23-19(24)17-12-16(21-22-17)14-8-4-3-5-9-14/h3-13H,2H2,1H3,(H,21,22)(H,23,24)/b20-13-. The highest BCUT2D eigenvalue weighted by Crippen LogP contribution is 2.17. The van der Waals surface area contributed by atoms with Gasteiger partial charge in [-0.1, -0.05) is 42.5 Å². The first-order valence-corrected chi connectivity index (χ1v) is 7.94. The Hall–Kier alpha value is -3.41. The van der Waals surface area contributed by atoms with Crippen LogP contribution >= 0.6 is 0 Å². The summed E-state index contributed by atoms with van der Waals surface area (Å²) in [5, 5.41) is 10.9. The van der Waals surface area contributed by atoms with Crippen molar-refractivity contribution < 1.29 is 9.53 Å². The number of H-pyrrole nitrogens is 1. The predicted molar refractivity (Wildman–Crippen MR) is 96.7 cm³/mol.